The summed E-state index contributed by atoms with van der Waals surface area (Å²) < 4.78 is 5.76. The van der Waals surface area contributed by atoms with Crippen molar-refractivity contribution in [2.75, 3.05) is 13.7 Å². The van der Waals surface area contributed by atoms with E-state index in [0.29, 0.717) is 15.8 Å². The molecule has 0 spiro atoms. The molecule has 7 heteroatoms. The van der Waals surface area contributed by atoms with Crippen molar-refractivity contribution in [2.45, 2.75) is 6.42 Å². The maximum absolute atomic E-state index is 12.8. The molecule has 1 aromatic heterocycles. The molecule has 3 aromatic rings. The van der Waals surface area contributed by atoms with E-state index in [-0.39, 0.29) is 5.91 Å². The highest BCUT2D eigenvalue weighted by Gasteiger charge is 2.31. The van der Waals surface area contributed by atoms with Gasteiger partial charge in [0.25, 0.3) is 5.91 Å². The van der Waals surface area contributed by atoms with Crippen molar-refractivity contribution < 1.29 is 9.53 Å². The molecule has 0 bridgehead atoms. The van der Waals surface area contributed by atoms with Gasteiger partial charge in [0.1, 0.15) is 10.1 Å². The fourth-order valence-corrected chi connectivity index (χ4v) is 4.26. The van der Waals surface area contributed by atoms with Crippen molar-refractivity contribution in [3.63, 3.8) is 0 Å². The molecular formula is C21H17N3O2S2. The van der Waals surface area contributed by atoms with Crippen LogP contribution < -0.4 is 4.74 Å². The van der Waals surface area contributed by atoms with Crippen LogP contribution in [0.5, 0.6) is 5.75 Å². The second-order valence-corrected chi connectivity index (χ2v) is 7.91. The molecule has 2 aromatic carbocycles. The number of ether oxygens (including phenoxy) is 1. The Hall–Kier alpha value is -2.77. The maximum Gasteiger partial charge on any atom is 0.266 e. The molecule has 1 fully saturated rings. The van der Waals surface area contributed by atoms with Crippen molar-refractivity contribution in [2.24, 2.45) is 0 Å². The minimum absolute atomic E-state index is 0.0530. The first-order chi connectivity index (χ1) is 13.6. The molecule has 1 aliphatic heterocycles. The number of thiocarbonyl (C=S) groups is 1. The molecule has 4 rings (SSSR count). The van der Waals surface area contributed by atoms with Gasteiger partial charge in [0.2, 0.25) is 0 Å². The van der Waals surface area contributed by atoms with Gasteiger partial charge in [-0.1, -0.05) is 42.2 Å². The topological polar surface area (TPSA) is 55.3 Å². The highest BCUT2D eigenvalue weighted by Crippen LogP contribution is 2.33. The molecule has 2 heterocycles. The summed E-state index contributed by atoms with van der Waals surface area (Å²) in [6.07, 6.45) is 5.91. The summed E-state index contributed by atoms with van der Waals surface area (Å²) in [6, 6.07) is 13.6. The number of benzene rings is 2. The largest absolute Gasteiger partial charge is 0.497 e. The van der Waals surface area contributed by atoms with Crippen molar-refractivity contribution >= 4 is 51.3 Å². The van der Waals surface area contributed by atoms with Crippen LogP contribution in [0.3, 0.4) is 0 Å². The van der Waals surface area contributed by atoms with Gasteiger partial charge in [0.05, 0.1) is 23.0 Å². The molecule has 0 atom stereocenters. The van der Waals surface area contributed by atoms with E-state index in [1.165, 1.54) is 11.8 Å². The van der Waals surface area contributed by atoms with Crippen LogP contribution >= 0.6 is 24.0 Å². The first kappa shape index (κ1) is 18.6. The van der Waals surface area contributed by atoms with Gasteiger partial charge in [-0.3, -0.25) is 19.7 Å². The zero-order valence-corrected chi connectivity index (χ0v) is 16.8. The first-order valence-electron chi connectivity index (χ1n) is 8.73. The summed E-state index contributed by atoms with van der Waals surface area (Å²) in [5.74, 6) is 0.764. The molecule has 28 heavy (non-hydrogen) atoms. The minimum Gasteiger partial charge on any atom is -0.497 e. The van der Waals surface area contributed by atoms with Gasteiger partial charge in [-0.05, 0) is 47.9 Å². The molecule has 5 nitrogen and oxygen atoms in total. The molecule has 1 amide bonds. The smallest absolute Gasteiger partial charge is 0.266 e. The van der Waals surface area contributed by atoms with Gasteiger partial charge in [0, 0.05) is 18.9 Å². The molecule has 0 N–H and O–H groups in total. The fourth-order valence-electron chi connectivity index (χ4n) is 2.95. The summed E-state index contributed by atoms with van der Waals surface area (Å²) in [6.45, 7) is 0.553. The van der Waals surface area contributed by atoms with Gasteiger partial charge in [-0.2, -0.15) is 0 Å². The van der Waals surface area contributed by atoms with Crippen molar-refractivity contribution in [3.8, 4) is 5.75 Å². The van der Waals surface area contributed by atoms with Gasteiger partial charge < -0.3 is 4.74 Å². The number of carbonyl (C=O) groups excluding carboxylic acids is 1. The Morgan fingerprint density at radius 1 is 1.11 bits per heavy atom. The zero-order chi connectivity index (χ0) is 19.5. The Kier molecular flexibility index (Phi) is 5.36. The zero-order valence-electron chi connectivity index (χ0n) is 15.2. The SMILES string of the molecule is COc1ccc(CCN2C(=O)/C(=C/c3ccc4nccnc4c3)SC2=S)cc1. The molecule has 0 unspecified atom stereocenters. The Morgan fingerprint density at radius 3 is 2.61 bits per heavy atom. The van der Waals surface area contributed by atoms with Crippen LogP contribution in [0.4, 0.5) is 0 Å². The van der Waals surface area contributed by atoms with Crippen LogP contribution in [0.25, 0.3) is 17.1 Å². The fraction of sp³-hybridized carbons (Fsp3) is 0.143. The van der Waals surface area contributed by atoms with Crippen LogP contribution in [-0.4, -0.2) is 38.8 Å². The monoisotopic (exact) mass is 407 g/mol. The van der Waals surface area contributed by atoms with Crippen LogP contribution in [0, 0.1) is 0 Å². The number of fused-ring (bicyclic) bond motifs is 1. The predicted molar refractivity (Wildman–Crippen MR) is 116 cm³/mol. The van der Waals surface area contributed by atoms with Crippen molar-refractivity contribution in [1.82, 2.24) is 14.9 Å². The maximum atomic E-state index is 12.8. The molecular weight excluding hydrogens is 390 g/mol. The number of aromatic nitrogens is 2. The van der Waals surface area contributed by atoms with E-state index in [0.717, 1.165) is 34.3 Å². The van der Waals surface area contributed by atoms with Crippen LogP contribution in [0.2, 0.25) is 0 Å². The highest BCUT2D eigenvalue weighted by atomic mass is 32.2. The van der Waals surface area contributed by atoms with E-state index in [1.54, 1.807) is 24.4 Å². The third kappa shape index (κ3) is 3.90. The van der Waals surface area contributed by atoms with E-state index in [2.05, 4.69) is 9.97 Å². The standard InChI is InChI=1S/C21H17N3O2S2/c1-26-16-5-2-14(3-6-16)8-11-24-20(25)19(28-21(24)27)13-15-4-7-17-18(12-15)23-10-9-22-17/h2-7,9-10,12-13H,8,11H2,1H3/b19-13-. The van der Waals surface area contributed by atoms with Crippen molar-refractivity contribution in [3.05, 3.63) is 70.9 Å². The lowest BCUT2D eigenvalue weighted by Gasteiger charge is -2.14. The molecule has 1 aliphatic rings. The Labute approximate surface area is 172 Å². The quantitative estimate of drug-likeness (QED) is 0.469. The number of nitrogens with zero attached hydrogens (tertiary/aromatic N) is 3. The van der Waals surface area contributed by atoms with Gasteiger partial charge in [0.15, 0.2) is 0 Å². The highest BCUT2D eigenvalue weighted by molar-refractivity contribution is 8.26. The second kappa shape index (κ2) is 8.08. The summed E-state index contributed by atoms with van der Waals surface area (Å²) in [7, 11) is 1.64. The lowest BCUT2D eigenvalue weighted by Crippen LogP contribution is -2.30. The molecule has 140 valence electrons. The number of methoxy groups -OCH3 is 1. The molecule has 1 saturated heterocycles. The number of hydrogen-bond acceptors (Lipinski definition) is 6. The number of rotatable bonds is 5. The average molecular weight is 408 g/mol. The van der Waals surface area contributed by atoms with Crippen LogP contribution in [-0.2, 0) is 11.2 Å². The summed E-state index contributed by atoms with van der Waals surface area (Å²) in [4.78, 5) is 23.7. The molecule has 0 saturated carbocycles. The summed E-state index contributed by atoms with van der Waals surface area (Å²) >= 11 is 6.76. The summed E-state index contributed by atoms with van der Waals surface area (Å²) in [5.41, 5.74) is 3.66. The molecule has 0 aliphatic carbocycles. The van der Waals surface area contributed by atoms with Gasteiger partial charge in [-0.15, -0.1) is 0 Å². The third-order valence-electron chi connectivity index (χ3n) is 4.45. The van der Waals surface area contributed by atoms with E-state index >= 15 is 0 Å². The minimum atomic E-state index is -0.0530. The van der Waals surface area contributed by atoms with Gasteiger partial charge in [-0.25, -0.2) is 0 Å². The number of thioether (sulfide) groups is 1. The first-order valence-corrected chi connectivity index (χ1v) is 9.95. The second-order valence-electron chi connectivity index (χ2n) is 6.24. The van der Waals surface area contributed by atoms with Gasteiger partial charge >= 0.3 is 0 Å². The lowest BCUT2D eigenvalue weighted by atomic mass is 10.1. The van der Waals surface area contributed by atoms with E-state index < -0.39 is 0 Å². The van der Waals surface area contributed by atoms with E-state index in [4.69, 9.17) is 17.0 Å². The normalized spacial score (nSPS) is 15.6. The van der Waals surface area contributed by atoms with E-state index in [9.17, 15) is 4.79 Å². The van der Waals surface area contributed by atoms with Crippen LogP contribution in [0.1, 0.15) is 11.1 Å². The third-order valence-corrected chi connectivity index (χ3v) is 5.83. The Balaban J connectivity index is 1.48. The predicted octanol–water partition coefficient (Wildman–Crippen LogP) is 4.08. The summed E-state index contributed by atoms with van der Waals surface area (Å²) in [5, 5.41) is 0. The average Bonchev–Trinajstić information content (AvgIpc) is 2.99. The van der Waals surface area contributed by atoms with Crippen LogP contribution in [0.15, 0.2) is 59.8 Å². The number of amides is 1. The number of hydrogen-bond donors (Lipinski definition) is 0. The Bertz CT molecular complexity index is 1080. The number of carbonyl (C=O) groups is 1. The lowest BCUT2D eigenvalue weighted by molar-refractivity contribution is -0.122. The van der Waals surface area contributed by atoms with Crippen molar-refractivity contribution in [1.29, 1.82) is 0 Å². The molecule has 0 radical (unpaired) electrons. The van der Waals surface area contributed by atoms with E-state index in [1.807, 2.05) is 48.5 Å². The Morgan fingerprint density at radius 2 is 1.86 bits per heavy atom.